The van der Waals surface area contributed by atoms with E-state index >= 15 is 0 Å². The van der Waals surface area contributed by atoms with E-state index in [4.69, 9.17) is 11.5 Å². The zero-order chi connectivity index (χ0) is 12.9. The van der Waals surface area contributed by atoms with Crippen LogP contribution in [-0.2, 0) is 0 Å². The molecule has 0 aliphatic carbocycles. The summed E-state index contributed by atoms with van der Waals surface area (Å²) < 4.78 is 2.40. The van der Waals surface area contributed by atoms with E-state index in [1.807, 2.05) is 0 Å². The van der Waals surface area contributed by atoms with Gasteiger partial charge in [-0.05, 0) is 12.8 Å². The molecule has 100 valence electrons. The summed E-state index contributed by atoms with van der Waals surface area (Å²) in [6, 6.07) is 0. The Morgan fingerprint density at radius 3 is 2.12 bits per heavy atom. The number of unbranched alkanes of at least 4 members (excludes halogenated alkanes) is 1. The summed E-state index contributed by atoms with van der Waals surface area (Å²) in [6.45, 7) is 7.34. The minimum absolute atomic E-state index is 0.336. The number of likely N-dealkylation sites (N-methyl/N-ethyl adjacent to an activating group) is 2. The highest BCUT2D eigenvalue weighted by atomic mass is 15.4. The van der Waals surface area contributed by atoms with Crippen molar-refractivity contribution in [2.75, 3.05) is 60.4 Å². The molecule has 1 aliphatic rings. The van der Waals surface area contributed by atoms with Crippen LogP contribution < -0.4 is 16.5 Å². The summed E-state index contributed by atoms with van der Waals surface area (Å²) in [5.41, 5.74) is 10.7. The quantitative estimate of drug-likeness (QED) is 0.220. The van der Waals surface area contributed by atoms with E-state index in [9.17, 15) is 0 Å². The van der Waals surface area contributed by atoms with Gasteiger partial charge in [0.15, 0.2) is 0 Å². The molecule has 5 heteroatoms. The number of hydrogen-bond acceptors (Lipinski definition) is 0. The Morgan fingerprint density at radius 1 is 1.00 bits per heavy atom. The molecule has 17 heavy (non-hydrogen) atoms. The Kier molecular flexibility index (Phi) is 4.77. The van der Waals surface area contributed by atoms with Crippen LogP contribution in [0.3, 0.4) is 0 Å². The first-order valence-electron chi connectivity index (χ1n) is 6.60. The van der Waals surface area contributed by atoms with E-state index in [1.165, 1.54) is 48.1 Å². The fourth-order valence-electron chi connectivity index (χ4n) is 2.32. The average Bonchev–Trinajstić information content (AvgIpc) is 2.23. The summed E-state index contributed by atoms with van der Waals surface area (Å²) in [4.78, 5) is 2.97. The van der Waals surface area contributed by atoms with Crippen LogP contribution in [0.5, 0.6) is 0 Å². The summed E-state index contributed by atoms with van der Waals surface area (Å²) in [5, 5.41) is 0. The van der Waals surface area contributed by atoms with Crippen LogP contribution in [0.1, 0.15) is 12.8 Å². The van der Waals surface area contributed by atoms with Crippen molar-refractivity contribution >= 4 is 5.96 Å². The molecule has 0 aromatic rings. The summed E-state index contributed by atoms with van der Waals surface area (Å²) in [7, 11) is 7.04. The van der Waals surface area contributed by atoms with Crippen molar-refractivity contribution in [3.8, 4) is 0 Å². The average molecular weight is 244 g/mol. The number of piperazine rings is 1. The third-order valence-electron chi connectivity index (χ3n) is 3.94. The maximum atomic E-state index is 5.35. The molecule has 0 aromatic carbocycles. The van der Waals surface area contributed by atoms with Crippen molar-refractivity contribution in [2.45, 2.75) is 12.8 Å². The molecule has 1 rings (SSSR count). The Balaban J connectivity index is 2.21. The van der Waals surface area contributed by atoms with Gasteiger partial charge in [0.1, 0.15) is 26.2 Å². The minimum Gasteiger partial charge on any atom is -0.319 e. The van der Waals surface area contributed by atoms with E-state index < -0.39 is 0 Å². The molecular weight excluding hydrogens is 214 g/mol. The second-order valence-electron chi connectivity index (χ2n) is 6.26. The second-order valence-corrected chi connectivity index (χ2v) is 6.26. The number of hydrogen-bond donors (Lipinski definition) is 3. The van der Waals surface area contributed by atoms with Crippen molar-refractivity contribution in [1.29, 1.82) is 0 Å². The molecule has 0 spiro atoms. The third-order valence-corrected chi connectivity index (χ3v) is 3.94. The molecule has 0 bridgehead atoms. The lowest BCUT2D eigenvalue weighted by Crippen LogP contribution is -2.78. The maximum Gasteiger partial charge on any atom is 0.338 e. The molecule has 0 saturated carbocycles. The first kappa shape index (κ1) is 14.3. The maximum absolute atomic E-state index is 5.35. The van der Waals surface area contributed by atoms with Gasteiger partial charge in [-0.3, -0.25) is 16.5 Å². The lowest BCUT2D eigenvalue weighted by atomic mass is 10.2. The summed E-state index contributed by atoms with van der Waals surface area (Å²) >= 11 is 0. The highest BCUT2D eigenvalue weighted by molar-refractivity contribution is 5.69. The molecule has 0 unspecified atom stereocenters. The van der Waals surface area contributed by atoms with Gasteiger partial charge in [0, 0.05) is 0 Å². The highest BCUT2D eigenvalue weighted by Crippen LogP contribution is 2.14. The third kappa shape index (κ3) is 5.37. The van der Waals surface area contributed by atoms with Crippen LogP contribution in [0.15, 0.2) is 0 Å². The number of nitrogens with two attached hydrogens (primary N) is 2. The zero-order valence-corrected chi connectivity index (χ0v) is 11.7. The molecule has 0 radical (unpaired) electrons. The van der Waals surface area contributed by atoms with Gasteiger partial charge in [0.25, 0.3) is 0 Å². The van der Waals surface area contributed by atoms with Gasteiger partial charge in [0.05, 0.1) is 34.2 Å². The van der Waals surface area contributed by atoms with Gasteiger partial charge in [0.2, 0.25) is 0 Å². The molecule has 5 nitrogen and oxygen atoms in total. The van der Waals surface area contributed by atoms with Gasteiger partial charge >= 0.3 is 5.96 Å². The van der Waals surface area contributed by atoms with Crippen LogP contribution in [0.4, 0.5) is 0 Å². The molecule has 1 fully saturated rings. The van der Waals surface area contributed by atoms with Crippen LogP contribution in [0.2, 0.25) is 0 Å². The standard InChI is InChI=1S/C12H29N5/c1-16(2)8-10-17(3,11-9-16)7-5-4-6-15-12(13)14/h4-11H2,1-3H3,(H4,13,14,15)/q+2/p+1. The first-order chi connectivity index (χ1) is 7.83. The molecule has 0 amide bonds. The monoisotopic (exact) mass is 244 g/mol. The van der Waals surface area contributed by atoms with E-state index in [-0.39, 0.29) is 0 Å². The van der Waals surface area contributed by atoms with E-state index in [2.05, 4.69) is 26.1 Å². The van der Waals surface area contributed by atoms with Gasteiger partial charge in [-0.1, -0.05) is 0 Å². The number of rotatable bonds is 5. The van der Waals surface area contributed by atoms with Crippen LogP contribution >= 0.6 is 0 Å². The van der Waals surface area contributed by atoms with Gasteiger partial charge in [-0.2, -0.15) is 0 Å². The smallest absolute Gasteiger partial charge is 0.319 e. The first-order valence-corrected chi connectivity index (χ1v) is 6.60. The molecule has 0 aromatic heterocycles. The molecule has 1 heterocycles. The molecule has 1 aliphatic heterocycles. The van der Waals surface area contributed by atoms with Crippen molar-refractivity contribution < 1.29 is 14.0 Å². The van der Waals surface area contributed by atoms with Gasteiger partial charge < -0.3 is 8.97 Å². The fraction of sp³-hybridized carbons (Fsp3) is 0.917. The number of quaternary nitrogens is 2. The topological polar surface area (TPSA) is 66.0 Å². The van der Waals surface area contributed by atoms with E-state index in [0.29, 0.717) is 5.96 Å². The lowest BCUT2D eigenvalue weighted by molar-refractivity contribution is -1.01. The van der Waals surface area contributed by atoms with Crippen molar-refractivity contribution in [2.24, 2.45) is 11.5 Å². The molecule has 0 atom stereocenters. The molecule has 5 N–H and O–H groups in total. The Labute approximate surface area is 105 Å². The van der Waals surface area contributed by atoms with Crippen molar-refractivity contribution in [3.63, 3.8) is 0 Å². The van der Waals surface area contributed by atoms with Crippen molar-refractivity contribution in [3.05, 3.63) is 0 Å². The van der Waals surface area contributed by atoms with E-state index in [1.54, 1.807) is 0 Å². The predicted molar refractivity (Wildman–Crippen MR) is 71.1 cm³/mol. The Morgan fingerprint density at radius 2 is 1.59 bits per heavy atom. The van der Waals surface area contributed by atoms with Gasteiger partial charge in [-0.15, -0.1) is 0 Å². The summed E-state index contributed by atoms with van der Waals surface area (Å²) in [5.74, 6) is 0.336. The number of guanidine groups is 1. The van der Waals surface area contributed by atoms with Crippen LogP contribution in [0.25, 0.3) is 0 Å². The zero-order valence-electron chi connectivity index (χ0n) is 11.7. The minimum atomic E-state index is 0.336. The highest BCUT2D eigenvalue weighted by Gasteiger charge is 2.33. The van der Waals surface area contributed by atoms with Gasteiger partial charge in [-0.25, -0.2) is 0 Å². The largest absolute Gasteiger partial charge is 0.338 e. The van der Waals surface area contributed by atoms with Crippen LogP contribution in [0, 0.1) is 0 Å². The van der Waals surface area contributed by atoms with Crippen molar-refractivity contribution in [1.82, 2.24) is 0 Å². The Bertz CT molecular complexity index is 258. The molecule has 1 saturated heterocycles. The van der Waals surface area contributed by atoms with Crippen LogP contribution in [-0.4, -0.2) is 75.3 Å². The number of nitrogens with zero attached hydrogens (tertiary/aromatic N) is 2. The predicted octanol–water partition coefficient (Wildman–Crippen LogP) is -2.34. The number of nitrogens with one attached hydrogen (secondary N) is 1. The SMILES string of the molecule is C[N+]1(C)CC[N+](C)(CCCC[NH+]=C(N)N)CC1. The Hall–Kier alpha value is -0.810. The lowest BCUT2D eigenvalue weighted by Gasteiger charge is -2.44. The second kappa shape index (κ2) is 5.69. The fourth-order valence-corrected chi connectivity index (χ4v) is 2.32. The normalized spacial score (nSPS) is 22.1. The summed E-state index contributed by atoms with van der Waals surface area (Å²) in [6.07, 6.45) is 2.38. The molecular formula is C12H30N5+3. The van der Waals surface area contributed by atoms with E-state index in [0.717, 1.165) is 13.0 Å².